The van der Waals surface area contributed by atoms with Crippen LogP contribution in [0.1, 0.15) is 18.4 Å². The zero-order valence-corrected chi connectivity index (χ0v) is 20.0. The Kier molecular flexibility index (Phi) is 7.59. The minimum absolute atomic E-state index is 0.402. The van der Waals surface area contributed by atoms with Crippen LogP contribution >= 0.6 is 0 Å². The minimum Gasteiger partial charge on any atom is -0.423 e. The second kappa shape index (κ2) is 11.2. The number of benzene rings is 4. The molecule has 0 unspecified atom stereocenters. The lowest BCUT2D eigenvalue weighted by atomic mass is 10.0. The van der Waals surface area contributed by atoms with Crippen molar-refractivity contribution in [3.63, 3.8) is 0 Å². The van der Waals surface area contributed by atoms with Gasteiger partial charge < -0.3 is 9.64 Å². The zero-order valence-electron chi connectivity index (χ0n) is 20.0. The van der Waals surface area contributed by atoms with E-state index in [-0.39, 0.29) is 0 Å². The van der Waals surface area contributed by atoms with Gasteiger partial charge in [0.05, 0.1) is 0 Å². The lowest BCUT2D eigenvalue weighted by Crippen LogP contribution is -2.10. The number of carbonyl (C=O) groups is 1. The average molecular weight is 460 g/mol. The van der Waals surface area contributed by atoms with Gasteiger partial charge in [0, 0.05) is 22.6 Å². The van der Waals surface area contributed by atoms with Crippen LogP contribution in [0.25, 0.3) is 11.1 Å². The quantitative estimate of drug-likeness (QED) is 0.109. The van der Waals surface area contributed by atoms with E-state index < -0.39 is 5.97 Å². The first kappa shape index (κ1) is 23.8. The number of hydrogen-bond donors (Lipinski definition) is 0. The fourth-order valence-corrected chi connectivity index (χ4v) is 3.79. The van der Waals surface area contributed by atoms with Gasteiger partial charge in [-0.3, -0.25) is 0 Å². The Labute approximate surface area is 207 Å². The summed E-state index contributed by atoms with van der Waals surface area (Å²) in [7, 11) is 0. The summed E-state index contributed by atoms with van der Waals surface area (Å²) >= 11 is 0. The summed E-state index contributed by atoms with van der Waals surface area (Å²) in [5.41, 5.74) is 7.09. The van der Waals surface area contributed by atoms with E-state index in [0.717, 1.165) is 28.2 Å². The van der Waals surface area contributed by atoms with E-state index in [0.29, 0.717) is 24.2 Å². The van der Waals surface area contributed by atoms with Crippen LogP contribution < -0.4 is 9.64 Å². The molecule has 0 radical (unpaired) electrons. The molecule has 174 valence electrons. The molecule has 0 aliphatic carbocycles. The zero-order chi connectivity index (χ0) is 24.6. The second-order valence-corrected chi connectivity index (χ2v) is 8.40. The lowest BCUT2D eigenvalue weighted by molar-refractivity contribution is -0.130. The van der Waals surface area contributed by atoms with Gasteiger partial charge in [-0.25, -0.2) is 4.79 Å². The van der Waals surface area contributed by atoms with Crippen LogP contribution in [0.2, 0.25) is 0 Å². The van der Waals surface area contributed by atoms with Crippen molar-refractivity contribution in [2.75, 3.05) is 4.90 Å². The van der Waals surface area contributed by atoms with Crippen molar-refractivity contribution in [3.8, 4) is 16.9 Å². The number of carbonyl (C=O) groups excluding carboxylic acids is 1. The van der Waals surface area contributed by atoms with Gasteiger partial charge >= 0.3 is 5.97 Å². The van der Waals surface area contributed by atoms with Gasteiger partial charge in [-0.05, 0) is 79.4 Å². The van der Waals surface area contributed by atoms with Crippen LogP contribution in [0.5, 0.6) is 5.75 Å². The van der Waals surface area contributed by atoms with Crippen molar-refractivity contribution >= 4 is 23.0 Å². The van der Waals surface area contributed by atoms with E-state index in [1.165, 1.54) is 5.56 Å². The maximum absolute atomic E-state index is 12.2. The van der Waals surface area contributed by atoms with E-state index in [1.54, 1.807) is 6.08 Å². The minimum atomic E-state index is -0.402. The maximum Gasteiger partial charge on any atom is 0.338 e. The van der Waals surface area contributed by atoms with Crippen molar-refractivity contribution in [2.24, 2.45) is 0 Å². The molecule has 4 rings (SSSR count). The topological polar surface area (TPSA) is 29.5 Å². The summed E-state index contributed by atoms with van der Waals surface area (Å²) in [6.07, 6.45) is 3.02. The monoisotopic (exact) mass is 459 g/mol. The molecule has 0 bridgehead atoms. The molecule has 0 spiro atoms. The normalized spacial score (nSPS) is 10.4. The van der Waals surface area contributed by atoms with Gasteiger partial charge in [0.15, 0.2) is 0 Å². The van der Waals surface area contributed by atoms with Gasteiger partial charge in [-0.2, -0.15) is 0 Å². The smallest absolute Gasteiger partial charge is 0.338 e. The molecule has 0 saturated carbocycles. The first-order valence-corrected chi connectivity index (χ1v) is 11.7. The Morgan fingerprint density at radius 1 is 0.771 bits per heavy atom. The molecule has 0 fully saturated rings. The highest BCUT2D eigenvalue weighted by molar-refractivity contribution is 5.89. The molecule has 0 amide bonds. The third-order valence-corrected chi connectivity index (χ3v) is 5.77. The molecule has 0 aliphatic heterocycles. The molecule has 0 aliphatic rings. The molecular weight excluding hydrogens is 430 g/mol. The predicted octanol–water partition coefficient (Wildman–Crippen LogP) is 8.56. The summed E-state index contributed by atoms with van der Waals surface area (Å²) in [6, 6.07) is 34.9. The third-order valence-electron chi connectivity index (χ3n) is 5.77. The van der Waals surface area contributed by atoms with Crippen LogP contribution in [0.15, 0.2) is 128 Å². The molecular formula is C32H29NO2. The Hall–Kier alpha value is -4.37. The van der Waals surface area contributed by atoms with Crippen molar-refractivity contribution in [1.82, 2.24) is 0 Å². The Bertz CT molecular complexity index is 1290. The lowest BCUT2D eigenvalue weighted by Gasteiger charge is -2.25. The number of nitrogens with zero attached hydrogens (tertiary/aromatic N) is 1. The third kappa shape index (κ3) is 5.96. The number of para-hydroxylation sites is 1. The highest BCUT2D eigenvalue weighted by atomic mass is 16.5. The van der Waals surface area contributed by atoms with Gasteiger partial charge in [0.25, 0.3) is 0 Å². The molecule has 35 heavy (non-hydrogen) atoms. The van der Waals surface area contributed by atoms with Crippen LogP contribution in [0.3, 0.4) is 0 Å². The van der Waals surface area contributed by atoms with Gasteiger partial charge in [0.2, 0.25) is 0 Å². The summed E-state index contributed by atoms with van der Waals surface area (Å²) in [5.74, 6) is 0.103. The highest BCUT2D eigenvalue weighted by Crippen LogP contribution is 2.35. The molecule has 0 N–H and O–H groups in total. The van der Waals surface area contributed by atoms with Crippen LogP contribution in [0, 0.1) is 6.92 Å². The molecule has 3 nitrogen and oxygen atoms in total. The van der Waals surface area contributed by atoms with E-state index in [2.05, 4.69) is 85.6 Å². The Morgan fingerprint density at radius 2 is 1.29 bits per heavy atom. The first-order valence-electron chi connectivity index (χ1n) is 11.7. The number of aryl methyl sites for hydroxylation is 1. The summed E-state index contributed by atoms with van der Waals surface area (Å²) < 4.78 is 5.44. The van der Waals surface area contributed by atoms with Crippen LogP contribution in [-0.2, 0) is 4.79 Å². The van der Waals surface area contributed by atoms with E-state index in [1.807, 2.05) is 42.5 Å². The molecule has 3 heteroatoms. The molecule has 4 aromatic rings. The number of esters is 1. The number of hydrogen-bond acceptors (Lipinski definition) is 3. The Balaban J connectivity index is 1.53. The SMILES string of the molecule is C=CCCC(=C)C(=O)Oc1ccc(-c2ccc(N(c3ccccc3)c3ccc(C)cc3)cc2)cc1. The summed E-state index contributed by atoms with van der Waals surface area (Å²) in [6.45, 7) is 9.56. The van der Waals surface area contributed by atoms with E-state index >= 15 is 0 Å². The predicted molar refractivity (Wildman–Crippen MR) is 146 cm³/mol. The van der Waals surface area contributed by atoms with Crippen molar-refractivity contribution in [2.45, 2.75) is 19.8 Å². The molecule has 0 aromatic heterocycles. The van der Waals surface area contributed by atoms with E-state index in [4.69, 9.17) is 4.74 Å². The van der Waals surface area contributed by atoms with Gasteiger partial charge in [-0.1, -0.05) is 72.8 Å². The number of rotatable bonds is 9. The first-order chi connectivity index (χ1) is 17.0. The maximum atomic E-state index is 12.2. The van der Waals surface area contributed by atoms with Crippen LogP contribution in [0.4, 0.5) is 17.1 Å². The molecule has 0 saturated heterocycles. The van der Waals surface area contributed by atoms with E-state index in [9.17, 15) is 4.79 Å². The summed E-state index contributed by atoms with van der Waals surface area (Å²) in [4.78, 5) is 14.4. The van der Waals surface area contributed by atoms with Crippen molar-refractivity contribution in [3.05, 3.63) is 133 Å². The molecule has 0 atom stereocenters. The number of allylic oxidation sites excluding steroid dienone is 1. The molecule has 0 heterocycles. The van der Waals surface area contributed by atoms with Gasteiger partial charge in [0.1, 0.15) is 5.75 Å². The number of anilines is 3. The average Bonchev–Trinajstić information content (AvgIpc) is 2.90. The summed E-state index contributed by atoms with van der Waals surface area (Å²) in [5, 5.41) is 0. The fourth-order valence-electron chi connectivity index (χ4n) is 3.79. The number of ether oxygens (including phenoxy) is 1. The Morgan fingerprint density at radius 3 is 1.86 bits per heavy atom. The second-order valence-electron chi connectivity index (χ2n) is 8.40. The fraction of sp³-hybridized carbons (Fsp3) is 0.0938. The largest absolute Gasteiger partial charge is 0.423 e. The van der Waals surface area contributed by atoms with Gasteiger partial charge in [-0.15, -0.1) is 6.58 Å². The standard InChI is InChI=1S/C32H29NO2/c1-4-5-9-25(3)32(34)35-31-22-16-27(17-23-31)26-14-20-30(21-15-26)33(28-10-7-6-8-11-28)29-18-12-24(2)13-19-29/h4,6-8,10-23H,1,3,5,9H2,2H3. The van der Waals surface area contributed by atoms with Crippen molar-refractivity contribution in [1.29, 1.82) is 0 Å². The van der Waals surface area contributed by atoms with Crippen LogP contribution in [-0.4, -0.2) is 5.97 Å². The molecule has 4 aromatic carbocycles. The highest BCUT2D eigenvalue weighted by Gasteiger charge is 2.13. The van der Waals surface area contributed by atoms with Crippen molar-refractivity contribution < 1.29 is 9.53 Å².